The number of rotatable bonds is 5. The number of likely N-dealkylation sites (tertiary alicyclic amines) is 1. The van der Waals surface area contributed by atoms with E-state index >= 15 is 0 Å². The summed E-state index contributed by atoms with van der Waals surface area (Å²) in [6.07, 6.45) is 1.49. The largest absolute Gasteiger partial charge is 0.490 e. The first-order valence-electron chi connectivity index (χ1n) is 10.7. The van der Waals surface area contributed by atoms with Crippen LogP contribution in [-0.4, -0.2) is 43.2 Å². The lowest BCUT2D eigenvalue weighted by Crippen LogP contribution is -2.47. The van der Waals surface area contributed by atoms with Crippen molar-refractivity contribution in [1.29, 1.82) is 0 Å². The average molecular weight is 431 g/mol. The van der Waals surface area contributed by atoms with Gasteiger partial charge < -0.3 is 14.4 Å². The lowest BCUT2D eigenvalue weighted by atomic mass is 10.1. The highest BCUT2D eigenvalue weighted by Gasteiger charge is 2.29. The molecule has 3 aromatic carbocycles. The molecule has 2 amide bonds. The molecule has 0 N–H and O–H groups in total. The Labute approximate surface area is 188 Å². The fraction of sp³-hybridized carbons (Fsp3) is 0.231. The van der Waals surface area contributed by atoms with Crippen LogP contribution < -0.4 is 9.64 Å². The molecule has 3 aromatic rings. The summed E-state index contributed by atoms with van der Waals surface area (Å²) in [5.74, 6) is 0.336. The van der Waals surface area contributed by atoms with Crippen molar-refractivity contribution < 1.29 is 19.1 Å². The Morgan fingerprint density at radius 3 is 1.84 bits per heavy atom. The zero-order valence-electron chi connectivity index (χ0n) is 18.0. The average Bonchev–Trinajstić information content (AvgIpc) is 2.86. The van der Waals surface area contributed by atoms with Gasteiger partial charge in [0, 0.05) is 25.9 Å². The van der Waals surface area contributed by atoms with Crippen molar-refractivity contribution in [2.45, 2.75) is 18.9 Å². The van der Waals surface area contributed by atoms with E-state index in [2.05, 4.69) is 0 Å². The van der Waals surface area contributed by atoms with Crippen molar-refractivity contribution in [3.05, 3.63) is 90.5 Å². The van der Waals surface area contributed by atoms with Crippen LogP contribution in [0, 0.1) is 0 Å². The Bertz CT molecular complexity index is 991. The van der Waals surface area contributed by atoms with Gasteiger partial charge in [-0.2, -0.15) is 0 Å². The molecule has 1 heterocycles. The van der Waals surface area contributed by atoms with Crippen LogP contribution in [0.5, 0.6) is 5.75 Å². The highest BCUT2D eigenvalue weighted by atomic mass is 16.5. The monoisotopic (exact) mass is 430 g/mol. The van der Waals surface area contributed by atoms with Crippen molar-refractivity contribution in [3.63, 3.8) is 0 Å². The van der Waals surface area contributed by atoms with Gasteiger partial charge in [-0.3, -0.25) is 4.90 Å². The summed E-state index contributed by atoms with van der Waals surface area (Å²) < 4.78 is 10.8. The minimum Gasteiger partial charge on any atom is -0.490 e. The molecular weight excluding hydrogens is 404 g/mol. The zero-order chi connectivity index (χ0) is 22.3. The second-order valence-corrected chi connectivity index (χ2v) is 7.61. The predicted molar refractivity (Wildman–Crippen MR) is 123 cm³/mol. The SMILES string of the molecule is COC(=O)c1ccc(OC2CCN(C(=O)N(c3ccccc3)c3ccccc3)CC2)cc1. The topological polar surface area (TPSA) is 59.1 Å². The molecule has 32 heavy (non-hydrogen) atoms. The van der Waals surface area contributed by atoms with Gasteiger partial charge in [0.2, 0.25) is 0 Å². The molecule has 0 aliphatic carbocycles. The Morgan fingerprint density at radius 2 is 1.34 bits per heavy atom. The Kier molecular flexibility index (Phi) is 6.70. The predicted octanol–water partition coefficient (Wildman–Crippen LogP) is 5.27. The quantitative estimate of drug-likeness (QED) is 0.517. The summed E-state index contributed by atoms with van der Waals surface area (Å²) in [7, 11) is 1.36. The molecular formula is C26H26N2O4. The number of anilines is 2. The standard InChI is InChI=1S/C26H26N2O4/c1-31-25(29)20-12-14-23(15-13-20)32-24-16-18-27(19-17-24)26(30)28(21-8-4-2-5-9-21)22-10-6-3-7-11-22/h2-15,24H,16-19H2,1H3. The van der Waals surface area contributed by atoms with Crippen molar-refractivity contribution >= 4 is 23.4 Å². The molecule has 164 valence electrons. The second-order valence-electron chi connectivity index (χ2n) is 7.61. The van der Waals surface area contributed by atoms with Crippen molar-refractivity contribution in [3.8, 4) is 5.75 Å². The van der Waals surface area contributed by atoms with E-state index in [-0.39, 0.29) is 18.1 Å². The fourth-order valence-corrected chi connectivity index (χ4v) is 3.81. The molecule has 0 spiro atoms. The van der Waals surface area contributed by atoms with E-state index in [4.69, 9.17) is 9.47 Å². The van der Waals surface area contributed by atoms with Crippen LogP contribution in [0.25, 0.3) is 0 Å². The molecule has 0 radical (unpaired) electrons. The number of amides is 2. The van der Waals surface area contributed by atoms with Gasteiger partial charge in [0.15, 0.2) is 0 Å². The molecule has 6 nitrogen and oxygen atoms in total. The summed E-state index contributed by atoms with van der Waals surface area (Å²) in [6.45, 7) is 1.22. The van der Waals surface area contributed by atoms with E-state index in [0.29, 0.717) is 24.4 Å². The molecule has 1 fully saturated rings. The zero-order valence-corrected chi connectivity index (χ0v) is 18.0. The molecule has 0 bridgehead atoms. The molecule has 4 rings (SSSR count). The first-order chi connectivity index (χ1) is 15.7. The van der Waals surface area contributed by atoms with Crippen LogP contribution in [0.2, 0.25) is 0 Å². The number of ether oxygens (including phenoxy) is 2. The van der Waals surface area contributed by atoms with Crippen LogP contribution in [0.3, 0.4) is 0 Å². The summed E-state index contributed by atoms with van der Waals surface area (Å²) in [4.78, 5) is 28.7. The highest BCUT2D eigenvalue weighted by molar-refractivity contribution is 5.99. The summed E-state index contributed by atoms with van der Waals surface area (Å²) in [5, 5.41) is 0. The van der Waals surface area contributed by atoms with Crippen LogP contribution in [0.15, 0.2) is 84.9 Å². The number of methoxy groups -OCH3 is 1. The molecule has 1 aliphatic heterocycles. The third-order valence-electron chi connectivity index (χ3n) is 5.51. The minimum absolute atomic E-state index is 0.0185. The number of piperidine rings is 1. The number of hydrogen-bond acceptors (Lipinski definition) is 4. The second kappa shape index (κ2) is 10.0. The Balaban J connectivity index is 1.40. The van der Waals surface area contributed by atoms with Gasteiger partial charge in [0.1, 0.15) is 11.9 Å². The van der Waals surface area contributed by atoms with Crippen LogP contribution in [-0.2, 0) is 4.74 Å². The highest BCUT2D eigenvalue weighted by Crippen LogP contribution is 2.28. The van der Waals surface area contributed by atoms with E-state index in [1.807, 2.05) is 65.6 Å². The van der Waals surface area contributed by atoms with Gasteiger partial charge in [0.25, 0.3) is 0 Å². The van der Waals surface area contributed by atoms with Gasteiger partial charge in [-0.25, -0.2) is 9.59 Å². The van der Waals surface area contributed by atoms with Crippen molar-refractivity contribution in [2.75, 3.05) is 25.1 Å². The summed E-state index contributed by atoms with van der Waals surface area (Å²) in [6, 6.07) is 26.3. The maximum atomic E-state index is 13.5. The number of benzene rings is 3. The van der Waals surface area contributed by atoms with E-state index in [1.165, 1.54) is 7.11 Å². The molecule has 1 saturated heterocycles. The number of hydrogen-bond donors (Lipinski definition) is 0. The van der Waals surface area contributed by atoms with Gasteiger partial charge in [0.05, 0.1) is 24.0 Å². The number of carbonyl (C=O) groups excluding carboxylic acids is 2. The fourth-order valence-electron chi connectivity index (χ4n) is 3.81. The van der Waals surface area contributed by atoms with Gasteiger partial charge in [-0.1, -0.05) is 36.4 Å². The first kappa shape index (κ1) is 21.4. The lowest BCUT2D eigenvalue weighted by molar-refractivity contribution is 0.0600. The lowest BCUT2D eigenvalue weighted by Gasteiger charge is -2.36. The van der Waals surface area contributed by atoms with Crippen molar-refractivity contribution in [1.82, 2.24) is 4.90 Å². The van der Waals surface area contributed by atoms with Crippen LogP contribution in [0.4, 0.5) is 16.2 Å². The first-order valence-corrected chi connectivity index (χ1v) is 10.7. The molecule has 1 aliphatic rings. The van der Waals surface area contributed by atoms with E-state index in [0.717, 1.165) is 24.2 Å². The summed E-state index contributed by atoms with van der Waals surface area (Å²) in [5.41, 5.74) is 2.17. The van der Waals surface area contributed by atoms with Crippen LogP contribution >= 0.6 is 0 Å². The van der Waals surface area contributed by atoms with E-state index in [1.54, 1.807) is 29.2 Å². The van der Waals surface area contributed by atoms with Crippen molar-refractivity contribution in [2.24, 2.45) is 0 Å². The number of para-hydroxylation sites is 2. The van der Waals surface area contributed by atoms with Crippen LogP contribution in [0.1, 0.15) is 23.2 Å². The number of carbonyl (C=O) groups is 2. The molecule has 6 heteroatoms. The van der Waals surface area contributed by atoms with E-state index in [9.17, 15) is 9.59 Å². The molecule has 0 unspecified atom stereocenters. The van der Waals surface area contributed by atoms with E-state index < -0.39 is 0 Å². The minimum atomic E-state index is -0.371. The Hall–Kier alpha value is -3.80. The van der Waals surface area contributed by atoms with Gasteiger partial charge in [-0.05, 0) is 48.5 Å². The normalized spacial score (nSPS) is 14.0. The third-order valence-corrected chi connectivity index (χ3v) is 5.51. The van der Waals surface area contributed by atoms with Gasteiger partial charge >= 0.3 is 12.0 Å². The molecule has 0 atom stereocenters. The third kappa shape index (κ3) is 4.91. The number of esters is 1. The maximum Gasteiger partial charge on any atom is 0.337 e. The molecule has 0 saturated carbocycles. The smallest absolute Gasteiger partial charge is 0.337 e. The maximum absolute atomic E-state index is 13.5. The molecule has 0 aromatic heterocycles. The Morgan fingerprint density at radius 1 is 0.812 bits per heavy atom. The number of nitrogens with zero attached hydrogens (tertiary/aromatic N) is 2. The van der Waals surface area contributed by atoms with Gasteiger partial charge in [-0.15, -0.1) is 0 Å². The summed E-state index contributed by atoms with van der Waals surface area (Å²) >= 11 is 0. The number of urea groups is 1.